The molecule has 0 fully saturated rings. The number of carbonyl (C=O) groups is 2. The van der Waals surface area contributed by atoms with Crippen molar-refractivity contribution in [2.45, 2.75) is 0 Å². The standard InChI is InChI=1S/C15H11Cl2N3O2S/c16-10-6-5-8(7-11(10)17)14(22)20-15(23)19-12-4-2-1-3-9(12)13(18)21/h1-7H,(H2,18,21)(H2,19,20,22,23). The summed E-state index contributed by atoms with van der Waals surface area (Å²) in [5, 5.41) is 5.87. The lowest BCUT2D eigenvalue weighted by atomic mass is 10.1. The molecule has 2 rings (SSSR count). The number of hydrogen-bond acceptors (Lipinski definition) is 3. The molecule has 2 aromatic carbocycles. The van der Waals surface area contributed by atoms with Gasteiger partial charge in [-0.1, -0.05) is 35.3 Å². The average Bonchev–Trinajstić information content (AvgIpc) is 2.50. The molecule has 0 aliphatic rings. The van der Waals surface area contributed by atoms with Crippen molar-refractivity contribution < 1.29 is 9.59 Å². The fourth-order valence-corrected chi connectivity index (χ4v) is 2.27. The largest absolute Gasteiger partial charge is 0.366 e. The predicted octanol–water partition coefficient (Wildman–Crippen LogP) is 3.22. The molecule has 0 radical (unpaired) electrons. The maximum absolute atomic E-state index is 12.1. The van der Waals surface area contributed by atoms with Crippen LogP contribution in [-0.2, 0) is 0 Å². The lowest BCUT2D eigenvalue weighted by molar-refractivity contribution is 0.0975. The first-order valence-electron chi connectivity index (χ1n) is 6.34. The van der Waals surface area contributed by atoms with Gasteiger partial charge in [0.05, 0.1) is 21.3 Å². The molecule has 0 atom stereocenters. The van der Waals surface area contributed by atoms with E-state index in [-0.39, 0.29) is 15.7 Å². The van der Waals surface area contributed by atoms with Crippen LogP contribution in [0.15, 0.2) is 42.5 Å². The zero-order valence-electron chi connectivity index (χ0n) is 11.6. The van der Waals surface area contributed by atoms with Gasteiger partial charge in [0.25, 0.3) is 11.8 Å². The zero-order valence-corrected chi connectivity index (χ0v) is 13.9. The summed E-state index contributed by atoms with van der Waals surface area (Å²) >= 11 is 16.7. The number of halogens is 2. The Morgan fingerprint density at radius 3 is 2.39 bits per heavy atom. The van der Waals surface area contributed by atoms with Gasteiger partial charge in [0.15, 0.2) is 5.11 Å². The van der Waals surface area contributed by atoms with Crippen LogP contribution in [0.2, 0.25) is 10.0 Å². The van der Waals surface area contributed by atoms with Crippen molar-refractivity contribution >= 4 is 58.0 Å². The number of para-hydroxylation sites is 1. The minimum atomic E-state index is -0.605. The van der Waals surface area contributed by atoms with Crippen molar-refractivity contribution in [1.29, 1.82) is 0 Å². The number of thiocarbonyl (C=S) groups is 1. The Balaban J connectivity index is 2.09. The molecule has 23 heavy (non-hydrogen) atoms. The van der Waals surface area contributed by atoms with E-state index in [1.165, 1.54) is 18.2 Å². The number of anilines is 1. The van der Waals surface area contributed by atoms with Crippen LogP contribution in [0.3, 0.4) is 0 Å². The van der Waals surface area contributed by atoms with Crippen molar-refractivity contribution in [3.63, 3.8) is 0 Å². The van der Waals surface area contributed by atoms with Gasteiger partial charge in [0.2, 0.25) is 0 Å². The average molecular weight is 368 g/mol. The molecule has 0 aromatic heterocycles. The fraction of sp³-hybridized carbons (Fsp3) is 0. The van der Waals surface area contributed by atoms with E-state index in [2.05, 4.69) is 10.6 Å². The summed E-state index contributed by atoms with van der Waals surface area (Å²) in [5.41, 5.74) is 6.24. The Hall–Kier alpha value is -2.15. The molecule has 4 N–H and O–H groups in total. The smallest absolute Gasteiger partial charge is 0.257 e. The van der Waals surface area contributed by atoms with E-state index in [0.717, 1.165) is 0 Å². The molecule has 0 unspecified atom stereocenters. The summed E-state index contributed by atoms with van der Waals surface area (Å²) in [4.78, 5) is 23.4. The maximum Gasteiger partial charge on any atom is 0.257 e. The highest BCUT2D eigenvalue weighted by atomic mass is 35.5. The molecule has 0 aliphatic heterocycles. The first-order chi connectivity index (χ1) is 10.9. The predicted molar refractivity (Wildman–Crippen MR) is 95.1 cm³/mol. The molecule has 0 aliphatic carbocycles. The molecule has 0 bridgehead atoms. The van der Waals surface area contributed by atoms with Gasteiger partial charge in [-0.15, -0.1) is 0 Å². The van der Waals surface area contributed by atoms with Crippen molar-refractivity contribution in [1.82, 2.24) is 5.32 Å². The zero-order chi connectivity index (χ0) is 17.0. The van der Waals surface area contributed by atoms with Gasteiger partial charge in [-0.25, -0.2) is 0 Å². The van der Waals surface area contributed by atoms with E-state index in [1.54, 1.807) is 24.3 Å². The van der Waals surface area contributed by atoms with Gasteiger partial charge in [0.1, 0.15) is 0 Å². The van der Waals surface area contributed by atoms with Crippen LogP contribution in [0.1, 0.15) is 20.7 Å². The van der Waals surface area contributed by atoms with Crippen LogP contribution < -0.4 is 16.4 Å². The Labute approximate surface area is 147 Å². The number of amides is 2. The summed E-state index contributed by atoms with van der Waals surface area (Å²) in [6, 6.07) is 11.0. The number of rotatable bonds is 3. The summed E-state index contributed by atoms with van der Waals surface area (Å²) < 4.78 is 0. The molecular weight excluding hydrogens is 357 g/mol. The Morgan fingerprint density at radius 1 is 1.04 bits per heavy atom. The normalized spacial score (nSPS) is 10.0. The molecular formula is C15H11Cl2N3O2S. The minimum absolute atomic E-state index is 0.0229. The van der Waals surface area contributed by atoms with E-state index in [0.29, 0.717) is 16.3 Å². The van der Waals surface area contributed by atoms with Crippen LogP contribution in [0.25, 0.3) is 0 Å². The number of benzene rings is 2. The summed E-state index contributed by atoms with van der Waals surface area (Å²) in [6.45, 7) is 0. The van der Waals surface area contributed by atoms with E-state index < -0.39 is 11.8 Å². The van der Waals surface area contributed by atoms with Crippen LogP contribution in [0.5, 0.6) is 0 Å². The van der Waals surface area contributed by atoms with E-state index in [1.807, 2.05) is 0 Å². The number of primary amides is 1. The van der Waals surface area contributed by atoms with E-state index in [9.17, 15) is 9.59 Å². The second kappa shape index (κ2) is 7.41. The number of nitrogens with one attached hydrogen (secondary N) is 2. The molecule has 0 saturated carbocycles. The molecule has 0 heterocycles. The quantitative estimate of drug-likeness (QED) is 0.727. The van der Waals surface area contributed by atoms with E-state index >= 15 is 0 Å². The highest BCUT2D eigenvalue weighted by Gasteiger charge is 2.12. The molecule has 2 amide bonds. The fourth-order valence-electron chi connectivity index (χ4n) is 1.77. The first-order valence-corrected chi connectivity index (χ1v) is 7.51. The topological polar surface area (TPSA) is 84.2 Å². The van der Waals surface area contributed by atoms with Crippen molar-refractivity contribution in [2.75, 3.05) is 5.32 Å². The van der Waals surface area contributed by atoms with Crippen LogP contribution >= 0.6 is 35.4 Å². The van der Waals surface area contributed by atoms with Gasteiger partial charge < -0.3 is 11.1 Å². The molecule has 2 aromatic rings. The second-order valence-corrected chi connectivity index (χ2v) is 5.67. The Morgan fingerprint density at radius 2 is 1.74 bits per heavy atom. The lowest BCUT2D eigenvalue weighted by Gasteiger charge is -2.12. The highest BCUT2D eigenvalue weighted by Crippen LogP contribution is 2.22. The number of hydrogen-bond donors (Lipinski definition) is 3. The number of nitrogens with two attached hydrogens (primary N) is 1. The highest BCUT2D eigenvalue weighted by molar-refractivity contribution is 7.80. The lowest BCUT2D eigenvalue weighted by Crippen LogP contribution is -2.34. The van der Waals surface area contributed by atoms with Crippen LogP contribution in [-0.4, -0.2) is 16.9 Å². The van der Waals surface area contributed by atoms with Gasteiger partial charge in [0, 0.05) is 5.56 Å². The molecule has 118 valence electrons. The summed E-state index contributed by atoms with van der Waals surface area (Å²) in [5.74, 6) is -1.07. The minimum Gasteiger partial charge on any atom is -0.366 e. The SMILES string of the molecule is NC(=O)c1ccccc1NC(=S)NC(=O)c1ccc(Cl)c(Cl)c1. The third-order valence-electron chi connectivity index (χ3n) is 2.85. The first kappa shape index (κ1) is 17.2. The maximum atomic E-state index is 12.1. The third kappa shape index (κ3) is 4.41. The van der Waals surface area contributed by atoms with Gasteiger partial charge >= 0.3 is 0 Å². The number of carbonyl (C=O) groups excluding carboxylic acids is 2. The van der Waals surface area contributed by atoms with Gasteiger partial charge in [-0.3, -0.25) is 14.9 Å². The molecule has 8 heteroatoms. The van der Waals surface area contributed by atoms with Crippen LogP contribution in [0.4, 0.5) is 5.69 Å². The Kier molecular flexibility index (Phi) is 5.54. The Bertz CT molecular complexity index is 796. The monoisotopic (exact) mass is 367 g/mol. The summed E-state index contributed by atoms with van der Waals surface area (Å²) in [6.07, 6.45) is 0. The van der Waals surface area contributed by atoms with Crippen LogP contribution in [0, 0.1) is 0 Å². The summed E-state index contributed by atoms with van der Waals surface area (Å²) in [7, 11) is 0. The van der Waals surface area contributed by atoms with Crippen molar-refractivity contribution in [3.8, 4) is 0 Å². The van der Waals surface area contributed by atoms with Crippen molar-refractivity contribution in [2.24, 2.45) is 5.73 Å². The van der Waals surface area contributed by atoms with E-state index in [4.69, 9.17) is 41.2 Å². The van der Waals surface area contributed by atoms with Crippen molar-refractivity contribution in [3.05, 3.63) is 63.6 Å². The van der Waals surface area contributed by atoms with Gasteiger partial charge in [-0.05, 0) is 42.5 Å². The molecule has 5 nitrogen and oxygen atoms in total. The van der Waals surface area contributed by atoms with Gasteiger partial charge in [-0.2, -0.15) is 0 Å². The second-order valence-electron chi connectivity index (χ2n) is 4.45. The molecule has 0 saturated heterocycles. The third-order valence-corrected chi connectivity index (χ3v) is 3.79. The molecule has 0 spiro atoms.